The van der Waals surface area contributed by atoms with E-state index in [1.165, 1.54) is 0 Å². The van der Waals surface area contributed by atoms with Gasteiger partial charge >= 0.3 is 0 Å². The minimum absolute atomic E-state index is 0.0179. The standard InChI is InChI=1S/C14H19NO/c1-4-12(10-14(16)15-11(2)3)13-8-6-5-7-9-13/h5-11H,4H2,1-3H3,(H,15,16)/b12-10+. The van der Waals surface area contributed by atoms with E-state index in [-0.39, 0.29) is 11.9 Å². The fourth-order valence-corrected chi connectivity index (χ4v) is 1.53. The highest BCUT2D eigenvalue weighted by Gasteiger charge is 2.03. The lowest BCUT2D eigenvalue weighted by Gasteiger charge is -2.08. The number of rotatable bonds is 4. The van der Waals surface area contributed by atoms with Crippen LogP contribution in [0.25, 0.3) is 5.57 Å². The predicted octanol–water partition coefficient (Wildman–Crippen LogP) is 3.00. The Morgan fingerprint density at radius 1 is 1.31 bits per heavy atom. The maximum atomic E-state index is 11.6. The molecule has 16 heavy (non-hydrogen) atoms. The molecule has 0 aliphatic rings. The average Bonchev–Trinajstić information content (AvgIpc) is 2.26. The molecule has 0 aromatic heterocycles. The number of benzene rings is 1. The Labute approximate surface area is 97.4 Å². The summed E-state index contributed by atoms with van der Waals surface area (Å²) in [4.78, 5) is 11.6. The van der Waals surface area contributed by atoms with Crippen LogP contribution in [0.4, 0.5) is 0 Å². The highest BCUT2D eigenvalue weighted by Crippen LogP contribution is 2.16. The van der Waals surface area contributed by atoms with Gasteiger partial charge in [0.15, 0.2) is 0 Å². The van der Waals surface area contributed by atoms with Crippen molar-refractivity contribution in [3.8, 4) is 0 Å². The first-order chi connectivity index (χ1) is 7.63. The van der Waals surface area contributed by atoms with Crippen molar-refractivity contribution in [2.75, 3.05) is 0 Å². The van der Waals surface area contributed by atoms with Crippen LogP contribution in [0.3, 0.4) is 0 Å². The van der Waals surface area contributed by atoms with Gasteiger partial charge in [-0.15, -0.1) is 0 Å². The molecule has 1 aromatic carbocycles. The minimum atomic E-state index is -0.0179. The third-order valence-corrected chi connectivity index (χ3v) is 2.26. The van der Waals surface area contributed by atoms with E-state index in [9.17, 15) is 4.79 Å². The van der Waals surface area contributed by atoms with E-state index in [2.05, 4.69) is 12.2 Å². The molecule has 0 unspecified atom stereocenters. The monoisotopic (exact) mass is 217 g/mol. The van der Waals surface area contributed by atoms with Crippen molar-refractivity contribution in [3.05, 3.63) is 42.0 Å². The summed E-state index contributed by atoms with van der Waals surface area (Å²) in [6.45, 7) is 5.97. The van der Waals surface area contributed by atoms with E-state index in [1.54, 1.807) is 6.08 Å². The van der Waals surface area contributed by atoms with Crippen molar-refractivity contribution in [2.45, 2.75) is 33.2 Å². The summed E-state index contributed by atoms with van der Waals surface area (Å²) in [5, 5.41) is 2.86. The second-order valence-corrected chi connectivity index (χ2v) is 4.05. The normalized spacial score (nSPS) is 11.6. The molecule has 0 aliphatic heterocycles. The molecule has 2 heteroatoms. The molecular weight excluding hydrogens is 198 g/mol. The van der Waals surface area contributed by atoms with Gasteiger partial charge in [-0.25, -0.2) is 0 Å². The fraction of sp³-hybridized carbons (Fsp3) is 0.357. The van der Waals surface area contributed by atoms with Crippen molar-refractivity contribution < 1.29 is 4.79 Å². The molecule has 0 aliphatic carbocycles. The molecule has 0 saturated carbocycles. The lowest BCUT2D eigenvalue weighted by atomic mass is 10.0. The first kappa shape index (κ1) is 12.5. The van der Waals surface area contributed by atoms with Crippen molar-refractivity contribution in [2.24, 2.45) is 0 Å². The van der Waals surface area contributed by atoms with Gasteiger partial charge in [0.25, 0.3) is 0 Å². The van der Waals surface area contributed by atoms with Crippen LogP contribution < -0.4 is 5.32 Å². The summed E-state index contributed by atoms with van der Waals surface area (Å²) in [7, 11) is 0. The molecule has 1 N–H and O–H groups in total. The highest BCUT2D eigenvalue weighted by molar-refractivity contribution is 5.95. The largest absolute Gasteiger partial charge is 0.350 e. The molecule has 1 rings (SSSR count). The Hall–Kier alpha value is -1.57. The summed E-state index contributed by atoms with van der Waals surface area (Å²) in [6, 6.07) is 10.2. The Morgan fingerprint density at radius 2 is 1.94 bits per heavy atom. The van der Waals surface area contributed by atoms with Crippen LogP contribution >= 0.6 is 0 Å². The second kappa shape index (κ2) is 6.11. The number of amides is 1. The third kappa shape index (κ3) is 3.89. The molecular formula is C14H19NO. The fourth-order valence-electron chi connectivity index (χ4n) is 1.53. The van der Waals surface area contributed by atoms with Gasteiger partial charge in [-0.05, 0) is 31.4 Å². The second-order valence-electron chi connectivity index (χ2n) is 4.05. The summed E-state index contributed by atoms with van der Waals surface area (Å²) in [5.41, 5.74) is 2.18. The Kier molecular flexibility index (Phi) is 4.77. The lowest BCUT2D eigenvalue weighted by molar-refractivity contribution is -0.116. The van der Waals surface area contributed by atoms with Gasteiger partial charge in [0.2, 0.25) is 5.91 Å². The topological polar surface area (TPSA) is 29.1 Å². The Bertz CT molecular complexity index is 366. The van der Waals surface area contributed by atoms with Crippen LogP contribution in [0.5, 0.6) is 0 Å². The third-order valence-electron chi connectivity index (χ3n) is 2.26. The SMILES string of the molecule is CC/C(=C\C(=O)NC(C)C)c1ccccc1. The number of allylic oxidation sites excluding steroid dienone is 1. The number of hydrogen-bond donors (Lipinski definition) is 1. The van der Waals surface area contributed by atoms with E-state index < -0.39 is 0 Å². The zero-order chi connectivity index (χ0) is 12.0. The van der Waals surface area contributed by atoms with Gasteiger partial charge in [0.1, 0.15) is 0 Å². The van der Waals surface area contributed by atoms with Crippen LogP contribution in [0.15, 0.2) is 36.4 Å². The van der Waals surface area contributed by atoms with Crippen molar-refractivity contribution in [1.82, 2.24) is 5.32 Å². The Morgan fingerprint density at radius 3 is 2.44 bits per heavy atom. The number of carbonyl (C=O) groups is 1. The van der Waals surface area contributed by atoms with E-state index >= 15 is 0 Å². The zero-order valence-electron chi connectivity index (χ0n) is 10.2. The smallest absolute Gasteiger partial charge is 0.244 e. The van der Waals surface area contributed by atoms with E-state index in [1.807, 2.05) is 44.2 Å². The first-order valence-corrected chi connectivity index (χ1v) is 5.70. The van der Waals surface area contributed by atoms with Crippen LogP contribution in [0.2, 0.25) is 0 Å². The van der Waals surface area contributed by atoms with E-state index in [4.69, 9.17) is 0 Å². The van der Waals surface area contributed by atoms with Gasteiger partial charge in [0, 0.05) is 12.1 Å². The lowest BCUT2D eigenvalue weighted by Crippen LogP contribution is -2.28. The van der Waals surface area contributed by atoms with E-state index in [0.717, 1.165) is 17.6 Å². The van der Waals surface area contributed by atoms with Gasteiger partial charge in [0.05, 0.1) is 0 Å². The number of hydrogen-bond acceptors (Lipinski definition) is 1. The zero-order valence-corrected chi connectivity index (χ0v) is 10.2. The molecule has 0 saturated heterocycles. The highest BCUT2D eigenvalue weighted by atomic mass is 16.1. The summed E-state index contributed by atoms with van der Waals surface area (Å²) < 4.78 is 0. The molecule has 2 nitrogen and oxygen atoms in total. The van der Waals surface area contributed by atoms with Crippen LogP contribution in [-0.2, 0) is 4.79 Å². The Balaban J connectivity index is 2.82. The van der Waals surface area contributed by atoms with Crippen LogP contribution in [0, 0.1) is 0 Å². The molecule has 0 fully saturated rings. The average molecular weight is 217 g/mol. The molecule has 0 radical (unpaired) electrons. The van der Waals surface area contributed by atoms with E-state index in [0.29, 0.717) is 0 Å². The van der Waals surface area contributed by atoms with Crippen molar-refractivity contribution >= 4 is 11.5 Å². The number of carbonyl (C=O) groups excluding carboxylic acids is 1. The van der Waals surface area contributed by atoms with Crippen LogP contribution in [-0.4, -0.2) is 11.9 Å². The molecule has 1 amide bonds. The first-order valence-electron chi connectivity index (χ1n) is 5.70. The molecule has 0 bridgehead atoms. The predicted molar refractivity (Wildman–Crippen MR) is 68.0 cm³/mol. The van der Waals surface area contributed by atoms with Gasteiger partial charge in [-0.2, -0.15) is 0 Å². The minimum Gasteiger partial charge on any atom is -0.350 e. The maximum Gasteiger partial charge on any atom is 0.244 e. The van der Waals surface area contributed by atoms with Crippen LogP contribution in [0.1, 0.15) is 32.8 Å². The molecule has 0 spiro atoms. The van der Waals surface area contributed by atoms with Gasteiger partial charge in [-0.3, -0.25) is 4.79 Å². The van der Waals surface area contributed by atoms with Crippen molar-refractivity contribution in [1.29, 1.82) is 0 Å². The molecule has 0 atom stereocenters. The number of nitrogens with one attached hydrogen (secondary N) is 1. The maximum absolute atomic E-state index is 11.6. The molecule has 0 heterocycles. The van der Waals surface area contributed by atoms with Gasteiger partial charge in [-0.1, -0.05) is 37.3 Å². The molecule has 86 valence electrons. The van der Waals surface area contributed by atoms with Crippen molar-refractivity contribution in [3.63, 3.8) is 0 Å². The van der Waals surface area contributed by atoms with Gasteiger partial charge < -0.3 is 5.32 Å². The molecule has 1 aromatic rings. The quantitative estimate of drug-likeness (QED) is 0.772. The summed E-state index contributed by atoms with van der Waals surface area (Å²) >= 11 is 0. The summed E-state index contributed by atoms with van der Waals surface area (Å²) in [6.07, 6.45) is 2.55. The summed E-state index contributed by atoms with van der Waals surface area (Å²) in [5.74, 6) is -0.0179.